The van der Waals surface area contributed by atoms with Crippen LogP contribution in [0.3, 0.4) is 0 Å². The van der Waals surface area contributed by atoms with Crippen LogP contribution in [-0.4, -0.2) is 29.1 Å². The summed E-state index contributed by atoms with van der Waals surface area (Å²) >= 11 is 0. The number of hydrogen-bond donors (Lipinski definition) is 1. The maximum Gasteiger partial charge on any atom is 0.145 e. The molecular formula is C15H16N4O. The second kappa shape index (κ2) is 4.45. The Hall–Kier alpha value is -2.14. The summed E-state index contributed by atoms with van der Waals surface area (Å²) in [6, 6.07) is 10.4. The average Bonchev–Trinajstić information content (AvgIpc) is 2.88. The molecule has 5 heteroatoms. The molecule has 1 unspecified atom stereocenters. The van der Waals surface area contributed by atoms with Gasteiger partial charge in [0, 0.05) is 31.6 Å². The minimum atomic E-state index is -0.0101. The van der Waals surface area contributed by atoms with Gasteiger partial charge in [-0.05, 0) is 11.6 Å². The van der Waals surface area contributed by atoms with Crippen molar-refractivity contribution in [2.24, 2.45) is 5.73 Å². The van der Waals surface area contributed by atoms with Crippen molar-refractivity contribution in [3.8, 4) is 5.75 Å². The van der Waals surface area contributed by atoms with Gasteiger partial charge in [-0.3, -0.25) is 0 Å². The smallest absolute Gasteiger partial charge is 0.145 e. The van der Waals surface area contributed by atoms with Crippen molar-refractivity contribution >= 4 is 5.82 Å². The van der Waals surface area contributed by atoms with Gasteiger partial charge in [-0.15, -0.1) is 0 Å². The average molecular weight is 268 g/mol. The van der Waals surface area contributed by atoms with Crippen molar-refractivity contribution in [1.29, 1.82) is 0 Å². The minimum absolute atomic E-state index is 0.0101. The first kappa shape index (κ1) is 11.7. The summed E-state index contributed by atoms with van der Waals surface area (Å²) in [5.74, 6) is 1.90. The highest BCUT2D eigenvalue weighted by Gasteiger charge is 2.28. The summed E-state index contributed by atoms with van der Waals surface area (Å²) in [5, 5.41) is 0. The van der Waals surface area contributed by atoms with E-state index >= 15 is 0 Å². The molecule has 0 amide bonds. The van der Waals surface area contributed by atoms with Gasteiger partial charge < -0.3 is 15.4 Å². The van der Waals surface area contributed by atoms with E-state index < -0.39 is 0 Å². The molecule has 5 nitrogen and oxygen atoms in total. The number of benzene rings is 1. The number of ether oxygens (including phenoxy) is 1. The zero-order valence-corrected chi connectivity index (χ0v) is 11.1. The van der Waals surface area contributed by atoms with E-state index in [0.29, 0.717) is 0 Å². The Balaban J connectivity index is 1.57. The maximum atomic E-state index is 5.97. The first-order valence-corrected chi connectivity index (χ1v) is 6.86. The van der Waals surface area contributed by atoms with Crippen LogP contribution in [0.2, 0.25) is 0 Å². The molecule has 0 radical (unpaired) electrons. The van der Waals surface area contributed by atoms with E-state index in [1.54, 1.807) is 6.33 Å². The van der Waals surface area contributed by atoms with Crippen LogP contribution in [-0.2, 0) is 6.42 Å². The van der Waals surface area contributed by atoms with E-state index in [4.69, 9.17) is 10.5 Å². The lowest BCUT2D eigenvalue weighted by Crippen LogP contribution is -2.56. The van der Waals surface area contributed by atoms with E-state index in [9.17, 15) is 0 Å². The van der Waals surface area contributed by atoms with Crippen LogP contribution >= 0.6 is 0 Å². The van der Waals surface area contributed by atoms with Crippen LogP contribution in [0.5, 0.6) is 5.75 Å². The topological polar surface area (TPSA) is 64.3 Å². The first-order chi connectivity index (χ1) is 9.79. The Bertz CT molecular complexity index is 614. The van der Waals surface area contributed by atoms with E-state index in [1.165, 1.54) is 5.56 Å². The third-order valence-electron chi connectivity index (χ3n) is 3.88. The van der Waals surface area contributed by atoms with Crippen LogP contribution in [0.15, 0.2) is 36.7 Å². The van der Waals surface area contributed by atoms with E-state index in [2.05, 4.69) is 20.9 Å². The highest BCUT2D eigenvalue weighted by molar-refractivity contribution is 5.45. The molecule has 1 aromatic heterocycles. The van der Waals surface area contributed by atoms with E-state index in [1.807, 2.05) is 24.3 Å². The number of nitrogens with two attached hydrogens (primary N) is 1. The van der Waals surface area contributed by atoms with Gasteiger partial charge in [0.2, 0.25) is 0 Å². The summed E-state index contributed by atoms with van der Waals surface area (Å²) in [4.78, 5) is 10.9. The largest absolute Gasteiger partial charge is 0.483 e. The second-order valence-corrected chi connectivity index (χ2v) is 5.38. The van der Waals surface area contributed by atoms with E-state index in [-0.39, 0.29) is 12.1 Å². The van der Waals surface area contributed by atoms with Crippen molar-refractivity contribution in [3.63, 3.8) is 0 Å². The summed E-state index contributed by atoms with van der Waals surface area (Å²) in [6.07, 6.45) is 2.47. The van der Waals surface area contributed by atoms with Crippen LogP contribution < -0.4 is 15.4 Å². The third kappa shape index (κ3) is 1.91. The summed E-state index contributed by atoms with van der Waals surface area (Å²) in [7, 11) is 0. The number of fused-ring (bicyclic) bond motifs is 1. The highest BCUT2D eigenvalue weighted by Crippen LogP contribution is 2.36. The molecule has 0 spiro atoms. The molecule has 0 aliphatic carbocycles. The lowest BCUT2D eigenvalue weighted by Gasteiger charge is -2.37. The molecule has 1 fully saturated rings. The first-order valence-electron chi connectivity index (χ1n) is 6.86. The number of rotatable bonds is 2. The van der Waals surface area contributed by atoms with Gasteiger partial charge in [0.1, 0.15) is 24.0 Å². The van der Waals surface area contributed by atoms with Crippen LogP contribution in [0.1, 0.15) is 17.4 Å². The fourth-order valence-electron chi connectivity index (χ4n) is 2.76. The standard InChI is InChI=1S/C15H16N4O/c16-11-7-19(8-11)15-6-12(17-9-18-15)14-5-10-3-1-2-4-13(10)20-14/h1-4,6,9,11,14H,5,7-8,16H2. The number of hydrogen-bond acceptors (Lipinski definition) is 5. The molecule has 1 saturated heterocycles. The molecule has 1 aromatic carbocycles. The predicted octanol–water partition coefficient (Wildman–Crippen LogP) is 1.30. The molecule has 2 aromatic rings. The maximum absolute atomic E-state index is 5.97. The minimum Gasteiger partial charge on any atom is -0.483 e. The van der Waals surface area contributed by atoms with Gasteiger partial charge in [0.15, 0.2) is 0 Å². The quantitative estimate of drug-likeness (QED) is 0.889. The number of aromatic nitrogens is 2. The molecule has 0 bridgehead atoms. The fraction of sp³-hybridized carbons (Fsp3) is 0.333. The van der Waals surface area contributed by atoms with Gasteiger partial charge in [0.25, 0.3) is 0 Å². The number of anilines is 1. The zero-order valence-electron chi connectivity index (χ0n) is 11.1. The Morgan fingerprint density at radius 1 is 1.20 bits per heavy atom. The van der Waals surface area contributed by atoms with Crippen LogP contribution in [0.4, 0.5) is 5.82 Å². The van der Waals surface area contributed by atoms with Gasteiger partial charge in [-0.25, -0.2) is 9.97 Å². The van der Waals surface area contributed by atoms with Crippen LogP contribution in [0.25, 0.3) is 0 Å². The molecule has 2 aliphatic rings. The Morgan fingerprint density at radius 2 is 2.05 bits per heavy atom. The molecule has 0 saturated carbocycles. The molecule has 102 valence electrons. The SMILES string of the molecule is NC1CN(c2cc(C3Cc4ccccc4O3)ncn2)C1. The predicted molar refractivity (Wildman–Crippen MR) is 75.7 cm³/mol. The van der Waals surface area contributed by atoms with Crippen molar-refractivity contribution in [3.05, 3.63) is 47.9 Å². The normalized spacial score (nSPS) is 21.2. The van der Waals surface area contributed by atoms with Crippen molar-refractivity contribution in [2.45, 2.75) is 18.6 Å². The van der Waals surface area contributed by atoms with Gasteiger partial charge >= 0.3 is 0 Å². The van der Waals surface area contributed by atoms with Crippen LogP contribution in [0, 0.1) is 0 Å². The van der Waals surface area contributed by atoms with Crippen molar-refractivity contribution in [1.82, 2.24) is 9.97 Å². The second-order valence-electron chi connectivity index (χ2n) is 5.38. The van der Waals surface area contributed by atoms with Gasteiger partial charge in [-0.1, -0.05) is 18.2 Å². The molecular weight excluding hydrogens is 252 g/mol. The van der Waals surface area contributed by atoms with Gasteiger partial charge in [-0.2, -0.15) is 0 Å². The van der Waals surface area contributed by atoms with E-state index in [0.717, 1.165) is 36.8 Å². The Morgan fingerprint density at radius 3 is 2.85 bits per heavy atom. The number of nitrogens with zero attached hydrogens (tertiary/aromatic N) is 3. The van der Waals surface area contributed by atoms with Gasteiger partial charge in [0.05, 0.1) is 5.69 Å². The molecule has 1 atom stereocenters. The highest BCUT2D eigenvalue weighted by atomic mass is 16.5. The van der Waals surface area contributed by atoms with Crippen molar-refractivity contribution < 1.29 is 4.74 Å². The lowest BCUT2D eigenvalue weighted by atomic mass is 10.1. The molecule has 20 heavy (non-hydrogen) atoms. The fourth-order valence-corrected chi connectivity index (χ4v) is 2.76. The molecule has 4 rings (SSSR count). The molecule has 2 N–H and O–H groups in total. The third-order valence-corrected chi connectivity index (χ3v) is 3.88. The molecule has 3 heterocycles. The number of para-hydroxylation sites is 1. The monoisotopic (exact) mass is 268 g/mol. The Kier molecular flexibility index (Phi) is 2.60. The van der Waals surface area contributed by atoms with Crippen molar-refractivity contribution in [2.75, 3.05) is 18.0 Å². The summed E-state index contributed by atoms with van der Waals surface area (Å²) < 4.78 is 5.97. The lowest BCUT2D eigenvalue weighted by molar-refractivity contribution is 0.233. The molecule has 2 aliphatic heterocycles. The summed E-state index contributed by atoms with van der Waals surface area (Å²) in [5.41, 5.74) is 7.99. The Labute approximate surface area is 117 Å². The zero-order chi connectivity index (χ0) is 13.5. The summed E-state index contributed by atoms with van der Waals surface area (Å²) in [6.45, 7) is 1.73.